The SMILES string of the molecule is COc1cccc(CNC(=O)CCCCC(=O)O)c1OC. The first-order chi connectivity index (χ1) is 10.1. The molecule has 2 N–H and O–H groups in total. The number of nitrogens with one attached hydrogen (secondary N) is 1. The van der Waals surface area contributed by atoms with Crippen molar-refractivity contribution in [3.63, 3.8) is 0 Å². The highest BCUT2D eigenvalue weighted by atomic mass is 16.5. The smallest absolute Gasteiger partial charge is 0.303 e. The zero-order valence-electron chi connectivity index (χ0n) is 12.3. The largest absolute Gasteiger partial charge is 0.493 e. The molecule has 0 heterocycles. The number of rotatable bonds is 9. The van der Waals surface area contributed by atoms with Gasteiger partial charge in [-0.1, -0.05) is 12.1 Å². The van der Waals surface area contributed by atoms with Crippen LogP contribution in [-0.2, 0) is 16.1 Å². The Hall–Kier alpha value is -2.24. The lowest BCUT2D eigenvalue weighted by atomic mass is 10.1. The third-order valence-electron chi connectivity index (χ3n) is 3.00. The van der Waals surface area contributed by atoms with Gasteiger partial charge in [-0.05, 0) is 18.9 Å². The molecule has 1 aromatic rings. The van der Waals surface area contributed by atoms with Crippen LogP contribution in [-0.4, -0.2) is 31.2 Å². The van der Waals surface area contributed by atoms with Crippen LogP contribution in [0.5, 0.6) is 11.5 Å². The third-order valence-corrected chi connectivity index (χ3v) is 3.00. The Bertz CT molecular complexity index is 487. The second-order valence-corrected chi connectivity index (χ2v) is 4.53. The fourth-order valence-corrected chi connectivity index (χ4v) is 1.94. The van der Waals surface area contributed by atoms with E-state index in [1.807, 2.05) is 12.1 Å². The first-order valence-electron chi connectivity index (χ1n) is 6.76. The minimum Gasteiger partial charge on any atom is -0.493 e. The third kappa shape index (κ3) is 5.72. The van der Waals surface area contributed by atoms with Crippen LogP contribution in [0.4, 0.5) is 0 Å². The highest BCUT2D eigenvalue weighted by molar-refractivity contribution is 5.76. The average molecular weight is 295 g/mol. The Balaban J connectivity index is 2.44. The number of para-hydroxylation sites is 1. The van der Waals surface area contributed by atoms with Gasteiger partial charge in [-0.15, -0.1) is 0 Å². The summed E-state index contributed by atoms with van der Waals surface area (Å²) in [5, 5.41) is 11.3. The number of benzene rings is 1. The van der Waals surface area contributed by atoms with E-state index >= 15 is 0 Å². The minimum atomic E-state index is -0.837. The lowest BCUT2D eigenvalue weighted by Gasteiger charge is -2.13. The first-order valence-corrected chi connectivity index (χ1v) is 6.76. The number of ether oxygens (including phenoxy) is 2. The molecular formula is C15H21NO5. The van der Waals surface area contributed by atoms with Crippen LogP contribution in [0.1, 0.15) is 31.2 Å². The maximum Gasteiger partial charge on any atom is 0.303 e. The van der Waals surface area contributed by atoms with E-state index in [-0.39, 0.29) is 12.3 Å². The molecule has 1 aromatic carbocycles. The van der Waals surface area contributed by atoms with E-state index in [2.05, 4.69) is 5.32 Å². The van der Waals surface area contributed by atoms with Gasteiger partial charge < -0.3 is 19.9 Å². The lowest BCUT2D eigenvalue weighted by molar-refractivity contribution is -0.137. The quantitative estimate of drug-likeness (QED) is 0.680. The average Bonchev–Trinajstić information content (AvgIpc) is 2.48. The van der Waals surface area contributed by atoms with Crippen molar-refractivity contribution in [1.29, 1.82) is 0 Å². The van der Waals surface area contributed by atoms with Gasteiger partial charge in [-0.25, -0.2) is 0 Å². The van der Waals surface area contributed by atoms with Crippen molar-refractivity contribution in [1.82, 2.24) is 5.32 Å². The van der Waals surface area contributed by atoms with Gasteiger partial charge in [0.2, 0.25) is 5.91 Å². The number of unbranched alkanes of at least 4 members (excludes halogenated alkanes) is 1. The van der Waals surface area contributed by atoms with E-state index in [4.69, 9.17) is 14.6 Å². The molecule has 0 fully saturated rings. The summed E-state index contributed by atoms with van der Waals surface area (Å²) in [6.45, 7) is 0.345. The van der Waals surface area contributed by atoms with Gasteiger partial charge in [0.1, 0.15) is 0 Å². The van der Waals surface area contributed by atoms with E-state index in [0.717, 1.165) is 5.56 Å². The molecule has 0 radical (unpaired) electrons. The van der Waals surface area contributed by atoms with Crippen LogP contribution in [0.15, 0.2) is 18.2 Å². The molecule has 6 heteroatoms. The summed E-state index contributed by atoms with van der Waals surface area (Å²) in [5.74, 6) is 0.277. The summed E-state index contributed by atoms with van der Waals surface area (Å²) >= 11 is 0. The molecule has 0 aliphatic carbocycles. The Kier molecular flexibility index (Phi) is 7.08. The van der Waals surface area contributed by atoms with Gasteiger partial charge in [-0.2, -0.15) is 0 Å². The van der Waals surface area contributed by atoms with Crippen molar-refractivity contribution in [3.8, 4) is 11.5 Å². The highest BCUT2D eigenvalue weighted by Gasteiger charge is 2.10. The molecule has 1 amide bonds. The normalized spacial score (nSPS) is 10.0. The van der Waals surface area contributed by atoms with Gasteiger partial charge in [0.05, 0.1) is 14.2 Å². The van der Waals surface area contributed by atoms with Crippen LogP contribution in [0, 0.1) is 0 Å². The number of carbonyl (C=O) groups excluding carboxylic acids is 1. The van der Waals surface area contributed by atoms with Crippen molar-refractivity contribution < 1.29 is 24.2 Å². The number of carboxylic acid groups (broad SMARTS) is 1. The fraction of sp³-hybridized carbons (Fsp3) is 0.467. The standard InChI is InChI=1S/C15H21NO5/c1-20-12-7-5-6-11(15(12)21-2)10-16-13(17)8-3-4-9-14(18)19/h5-7H,3-4,8-10H2,1-2H3,(H,16,17)(H,18,19). The fourth-order valence-electron chi connectivity index (χ4n) is 1.94. The van der Waals surface area contributed by atoms with Crippen molar-refractivity contribution >= 4 is 11.9 Å². The van der Waals surface area contributed by atoms with E-state index < -0.39 is 5.97 Å². The van der Waals surface area contributed by atoms with Crippen LogP contribution >= 0.6 is 0 Å². The Morgan fingerprint density at radius 3 is 2.48 bits per heavy atom. The molecular weight excluding hydrogens is 274 g/mol. The summed E-state index contributed by atoms with van der Waals surface area (Å²) < 4.78 is 10.5. The molecule has 0 aliphatic heterocycles. The van der Waals surface area contributed by atoms with Gasteiger partial charge in [0.15, 0.2) is 11.5 Å². The maximum atomic E-state index is 11.7. The minimum absolute atomic E-state index is 0.0942. The second kappa shape index (κ2) is 8.84. The van der Waals surface area contributed by atoms with Crippen molar-refractivity contribution in [3.05, 3.63) is 23.8 Å². The Labute approximate surface area is 124 Å². The van der Waals surface area contributed by atoms with E-state index in [1.54, 1.807) is 20.3 Å². The zero-order chi connectivity index (χ0) is 15.7. The van der Waals surface area contributed by atoms with Gasteiger partial charge in [0, 0.05) is 24.9 Å². The zero-order valence-corrected chi connectivity index (χ0v) is 12.3. The number of carbonyl (C=O) groups is 2. The highest BCUT2D eigenvalue weighted by Crippen LogP contribution is 2.30. The van der Waals surface area contributed by atoms with Gasteiger partial charge >= 0.3 is 5.97 Å². The van der Waals surface area contributed by atoms with Crippen molar-refractivity contribution in [2.75, 3.05) is 14.2 Å². The second-order valence-electron chi connectivity index (χ2n) is 4.53. The van der Waals surface area contributed by atoms with E-state index in [1.165, 1.54) is 0 Å². The molecule has 0 saturated carbocycles. The molecule has 21 heavy (non-hydrogen) atoms. The van der Waals surface area contributed by atoms with Crippen LogP contribution in [0.25, 0.3) is 0 Å². The molecule has 6 nitrogen and oxygen atoms in total. The monoisotopic (exact) mass is 295 g/mol. The molecule has 0 atom stereocenters. The lowest BCUT2D eigenvalue weighted by Crippen LogP contribution is -2.22. The number of carboxylic acids is 1. The maximum absolute atomic E-state index is 11.7. The van der Waals surface area contributed by atoms with Crippen LogP contribution in [0.3, 0.4) is 0 Å². The summed E-state index contributed by atoms with van der Waals surface area (Å²) in [7, 11) is 3.11. The molecule has 0 aromatic heterocycles. The Morgan fingerprint density at radius 2 is 1.86 bits per heavy atom. The molecule has 0 unspecified atom stereocenters. The predicted molar refractivity (Wildman–Crippen MR) is 77.5 cm³/mol. The number of aliphatic carboxylic acids is 1. The first kappa shape index (κ1) is 16.8. The van der Waals surface area contributed by atoms with E-state index in [0.29, 0.717) is 37.3 Å². The van der Waals surface area contributed by atoms with Crippen LogP contribution < -0.4 is 14.8 Å². The van der Waals surface area contributed by atoms with Crippen molar-refractivity contribution in [2.24, 2.45) is 0 Å². The summed E-state index contributed by atoms with van der Waals surface area (Å²) in [4.78, 5) is 22.0. The van der Waals surface area contributed by atoms with Gasteiger partial charge in [-0.3, -0.25) is 9.59 Å². The summed E-state index contributed by atoms with van der Waals surface area (Å²) in [5.41, 5.74) is 0.829. The summed E-state index contributed by atoms with van der Waals surface area (Å²) in [6.07, 6.45) is 1.48. The van der Waals surface area contributed by atoms with Crippen molar-refractivity contribution in [2.45, 2.75) is 32.2 Å². The molecule has 1 rings (SSSR count). The number of hydrogen-bond acceptors (Lipinski definition) is 4. The topological polar surface area (TPSA) is 84.9 Å². The number of methoxy groups -OCH3 is 2. The molecule has 0 spiro atoms. The van der Waals surface area contributed by atoms with Crippen LogP contribution in [0.2, 0.25) is 0 Å². The predicted octanol–water partition coefficient (Wildman–Crippen LogP) is 1.96. The summed E-state index contributed by atoms with van der Waals surface area (Å²) in [6, 6.07) is 5.47. The molecule has 0 aliphatic rings. The number of amides is 1. The number of hydrogen-bond donors (Lipinski definition) is 2. The van der Waals surface area contributed by atoms with Gasteiger partial charge in [0.25, 0.3) is 0 Å². The van der Waals surface area contributed by atoms with E-state index in [9.17, 15) is 9.59 Å². The molecule has 0 bridgehead atoms. The Morgan fingerprint density at radius 1 is 1.14 bits per heavy atom. The molecule has 116 valence electrons. The molecule has 0 saturated heterocycles.